The van der Waals surface area contributed by atoms with Gasteiger partial charge >= 0.3 is 6.01 Å². The fourth-order valence-corrected chi connectivity index (χ4v) is 2.16. The lowest BCUT2D eigenvalue weighted by Crippen LogP contribution is -2.13. The van der Waals surface area contributed by atoms with Crippen LogP contribution in [0.5, 0.6) is 0 Å². The molecular formula is C9H10N6O2S. The van der Waals surface area contributed by atoms with Crippen molar-refractivity contribution in [2.75, 3.05) is 11.9 Å². The van der Waals surface area contributed by atoms with Crippen molar-refractivity contribution in [1.82, 2.24) is 24.3 Å². The molecule has 0 saturated carbocycles. The number of hydrogen-bond acceptors (Lipinski definition) is 8. The number of aromatic nitrogens is 4. The van der Waals surface area contributed by atoms with Gasteiger partial charge in [0.1, 0.15) is 0 Å². The van der Waals surface area contributed by atoms with Crippen molar-refractivity contribution in [3.8, 4) is 0 Å². The van der Waals surface area contributed by atoms with Gasteiger partial charge in [0.05, 0.1) is 24.0 Å². The van der Waals surface area contributed by atoms with Gasteiger partial charge in [0, 0.05) is 0 Å². The second kappa shape index (κ2) is 4.78. The molecular weight excluding hydrogens is 256 g/mol. The Balaban J connectivity index is 1.68. The van der Waals surface area contributed by atoms with E-state index in [4.69, 9.17) is 4.42 Å². The molecule has 0 radical (unpaired) electrons. The third-order valence-corrected chi connectivity index (χ3v) is 3.09. The Morgan fingerprint density at radius 1 is 1.56 bits per heavy atom. The minimum absolute atomic E-state index is 0.0803. The maximum Gasteiger partial charge on any atom is 0.322 e. The maximum atomic E-state index is 11.7. The Morgan fingerprint density at radius 2 is 2.50 bits per heavy atom. The first-order valence-electron chi connectivity index (χ1n) is 5.48. The van der Waals surface area contributed by atoms with E-state index in [2.05, 4.69) is 29.6 Å². The van der Waals surface area contributed by atoms with Gasteiger partial charge in [-0.15, -0.1) is 5.10 Å². The van der Waals surface area contributed by atoms with E-state index >= 15 is 0 Å². The van der Waals surface area contributed by atoms with Crippen molar-refractivity contribution < 1.29 is 9.21 Å². The number of carbonyl (C=O) groups excluding carboxylic acids is 1. The molecule has 1 atom stereocenters. The molecule has 2 aromatic heterocycles. The minimum Gasteiger partial charge on any atom is -0.406 e. The fraction of sp³-hybridized carbons (Fsp3) is 0.444. The molecule has 0 bridgehead atoms. The lowest BCUT2D eigenvalue weighted by Gasteiger charge is -2.02. The lowest BCUT2D eigenvalue weighted by atomic mass is 10.2. The number of carbonyl (C=O) groups is 1. The summed E-state index contributed by atoms with van der Waals surface area (Å²) in [5, 5.41) is 13.4. The number of anilines is 1. The highest BCUT2D eigenvalue weighted by Gasteiger charge is 2.22. The maximum absolute atomic E-state index is 11.7. The van der Waals surface area contributed by atoms with Crippen molar-refractivity contribution in [2.24, 2.45) is 0 Å². The smallest absolute Gasteiger partial charge is 0.322 e. The molecule has 8 nitrogen and oxygen atoms in total. The molecule has 3 heterocycles. The predicted molar refractivity (Wildman–Crippen MR) is 62.1 cm³/mol. The zero-order valence-corrected chi connectivity index (χ0v) is 10.1. The third-order valence-electron chi connectivity index (χ3n) is 2.61. The standard InChI is InChI=1S/C9H10N6O2S/c16-7(6-4-11-18-15-6)12-9-14-13-8(17-9)5-2-1-3-10-5/h4-5,10H,1-3H2,(H,12,14,16). The SMILES string of the molecule is O=C(Nc1nnc(C2CCCN2)o1)c1cnsn1. The normalized spacial score (nSPS) is 19.0. The Hall–Kier alpha value is -1.87. The van der Waals surface area contributed by atoms with Gasteiger partial charge in [-0.05, 0) is 19.4 Å². The summed E-state index contributed by atoms with van der Waals surface area (Å²) in [5.41, 5.74) is 0.235. The van der Waals surface area contributed by atoms with E-state index in [1.165, 1.54) is 6.20 Å². The predicted octanol–water partition coefficient (Wildman–Crippen LogP) is 0.598. The van der Waals surface area contributed by atoms with Gasteiger partial charge in [0.15, 0.2) is 5.69 Å². The molecule has 3 rings (SSSR count). The zero-order valence-electron chi connectivity index (χ0n) is 9.29. The number of hydrogen-bond donors (Lipinski definition) is 2. The van der Waals surface area contributed by atoms with Gasteiger partial charge in [0.2, 0.25) is 5.89 Å². The summed E-state index contributed by atoms with van der Waals surface area (Å²) in [6.07, 6.45) is 3.43. The topological polar surface area (TPSA) is 106 Å². The van der Waals surface area contributed by atoms with Crippen molar-refractivity contribution in [3.63, 3.8) is 0 Å². The van der Waals surface area contributed by atoms with E-state index < -0.39 is 5.91 Å². The van der Waals surface area contributed by atoms with Gasteiger partial charge in [-0.25, -0.2) is 0 Å². The number of nitrogens with one attached hydrogen (secondary N) is 2. The molecule has 1 saturated heterocycles. The highest BCUT2D eigenvalue weighted by Crippen LogP contribution is 2.22. The highest BCUT2D eigenvalue weighted by atomic mass is 32.1. The third kappa shape index (κ3) is 2.22. The summed E-state index contributed by atoms with van der Waals surface area (Å²) in [5.74, 6) is 0.0949. The Labute approximate surface area is 106 Å². The number of nitrogens with zero attached hydrogens (tertiary/aromatic N) is 4. The van der Waals surface area contributed by atoms with Crippen LogP contribution >= 0.6 is 11.7 Å². The molecule has 2 N–H and O–H groups in total. The van der Waals surface area contributed by atoms with Crippen LogP contribution in [0.2, 0.25) is 0 Å². The van der Waals surface area contributed by atoms with Crippen LogP contribution in [0.25, 0.3) is 0 Å². The molecule has 94 valence electrons. The second-order valence-corrected chi connectivity index (χ2v) is 4.40. The van der Waals surface area contributed by atoms with E-state index in [9.17, 15) is 4.79 Å². The van der Waals surface area contributed by atoms with E-state index in [-0.39, 0.29) is 17.8 Å². The van der Waals surface area contributed by atoms with Crippen LogP contribution in [0, 0.1) is 0 Å². The van der Waals surface area contributed by atoms with E-state index in [1.807, 2.05) is 0 Å². The van der Waals surface area contributed by atoms with E-state index in [1.54, 1.807) is 0 Å². The summed E-state index contributed by atoms with van der Waals surface area (Å²) >= 11 is 0.967. The first-order chi connectivity index (χ1) is 8.83. The lowest BCUT2D eigenvalue weighted by molar-refractivity contribution is 0.102. The molecule has 1 unspecified atom stereocenters. The molecule has 2 aromatic rings. The van der Waals surface area contributed by atoms with Crippen molar-refractivity contribution in [2.45, 2.75) is 18.9 Å². The first kappa shape index (κ1) is 11.2. The molecule has 9 heteroatoms. The fourth-order valence-electron chi connectivity index (χ4n) is 1.75. The van der Waals surface area contributed by atoms with Crippen molar-refractivity contribution >= 4 is 23.7 Å². The Kier molecular flexibility index (Phi) is 2.99. The van der Waals surface area contributed by atoms with Gasteiger partial charge in [-0.3, -0.25) is 10.1 Å². The molecule has 0 aliphatic carbocycles. The van der Waals surface area contributed by atoms with Crippen LogP contribution < -0.4 is 10.6 Å². The molecule has 0 aromatic carbocycles. The second-order valence-electron chi connectivity index (χ2n) is 3.84. The average molecular weight is 266 g/mol. The van der Waals surface area contributed by atoms with Gasteiger partial charge in [-0.1, -0.05) is 5.10 Å². The molecule has 0 spiro atoms. The largest absolute Gasteiger partial charge is 0.406 e. The van der Waals surface area contributed by atoms with Gasteiger partial charge in [-0.2, -0.15) is 8.75 Å². The number of rotatable bonds is 3. The van der Waals surface area contributed by atoms with Crippen LogP contribution in [-0.4, -0.2) is 31.4 Å². The summed E-state index contributed by atoms with van der Waals surface area (Å²) in [4.78, 5) is 11.7. The average Bonchev–Trinajstić information content (AvgIpc) is 3.12. The van der Waals surface area contributed by atoms with Crippen LogP contribution in [0.1, 0.15) is 35.3 Å². The van der Waals surface area contributed by atoms with Gasteiger partial charge < -0.3 is 9.73 Å². The zero-order chi connectivity index (χ0) is 12.4. The molecule has 1 aliphatic rings. The number of amides is 1. The van der Waals surface area contributed by atoms with Gasteiger partial charge in [0.25, 0.3) is 5.91 Å². The Bertz CT molecular complexity index is 533. The monoisotopic (exact) mass is 266 g/mol. The molecule has 1 fully saturated rings. The molecule has 18 heavy (non-hydrogen) atoms. The summed E-state index contributed by atoms with van der Waals surface area (Å²) < 4.78 is 12.9. The highest BCUT2D eigenvalue weighted by molar-refractivity contribution is 6.99. The van der Waals surface area contributed by atoms with Crippen molar-refractivity contribution in [1.29, 1.82) is 0 Å². The quantitative estimate of drug-likeness (QED) is 0.837. The Morgan fingerprint density at radius 3 is 3.22 bits per heavy atom. The minimum atomic E-state index is -0.404. The van der Waals surface area contributed by atoms with Crippen LogP contribution in [0.3, 0.4) is 0 Å². The summed E-state index contributed by atoms with van der Waals surface area (Å²) in [6, 6.07) is 0.167. The van der Waals surface area contributed by atoms with Crippen LogP contribution in [0.4, 0.5) is 6.01 Å². The van der Waals surface area contributed by atoms with E-state index in [0.29, 0.717) is 5.89 Å². The molecule has 1 aliphatic heterocycles. The summed E-state index contributed by atoms with van der Waals surface area (Å²) in [7, 11) is 0. The summed E-state index contributed by atoms with van der Waals surface area (Å²) in [6.45, 7) is 0.944. The first-order valence-corrected chi connectivity index (χ1v) is 6.21. The van der Waals surface area contributed by atoms with Crippen molar-refractivity contribution in [3.05, 3.63) is 17.8 Å². The van der Waals surface area contributed by atoms with E-state index in [0.717, 1.165) is 31.1 Å². The molecule has 1 amide bonds. The van der Waals surface area contributed by atoms with Crippen LogP contribution in [-0.2, 0) is 0 Å². The van der Waals surface area contributed by atoms with Crippen LogP contribution in [0.15, 0.2) is 10.6 Å².